The maximum atomic E-state index is 13.8. The number of thiophene rings is 1. The Hall–Kier alpha value is -2.90. The lowest BCUT2D eigenvalue weighted by Gasteiger charge is -2.15. The van der Waals surface area contributed by atoms with E-state index in [2.05, 4.69) is 24.4 Å². The molecule has 7 heteroatoms. The van der Waals surface area contributed by atoms with Gasteiger partial charge in [-0.15, -0.1) is 11.3 Å². The number of carbonyl (C=O) groups excluding carboxylic acids is 1. The fourth-order valence-corrected chi connectivity index (χ4v) is 7.00. The molecule has 0 radical (unpaired) electrons. The van der Waals surface area contributed by atoms with E-state index in [1.807, 2.05) is 45.0 Å². The molecule has 0 aliphatic heterocycles. The zero-order chi connectivity index (χ0) is 24.7. The molecule has 2 heterocycles. The number of aromatic nitrogens is 2. The van der Waals surface area contributed by atoms with Crippen LogP contribution in [0.5, 0.6) is 0 Å². The van der Waals surface area contributed by atoms with E-state index in [-0.39, 0.29) is 17.2 Å². The topological polar surface area (TPSA) is 64.0 Å². The van der Waals surface area contributed by atoms with Crippen molar-refractivity contribution < 1.29 is 4.79 Å². The van der Waals surface area contributed by atoms with E-state index >= 15 is 0 Å². The number of amides is 1. The third-order valence-corrected chi connectivity index (χ3v) is 8.65. The summed E-state index contributed by atoms with van der Waals surface area (Å²) in [5.41, 5.74) is 7.15. The molecule has 1 aliphatic carbocycles. The summed E-state index contributed by atoms with van der Waals surface area (Å²) in [5.74, 6) is 0.0575. The van der Waals surface area contributed by atoms with Gasteiger partial charge in [0.1, 0.15) is 4.83 Å². The quantitative estimate of drug-likeness (QED) is 0.257. The van der Waals surface area contributed by atoms with Crippen molar-refractivity contribution in [3.8, 4) is 5.69 Å². The number of nitrogens with one attached hydrogen (secondary N) is 1. The highest BCUT2D eigenvalue weighted by atomic mass is 32.2. The Bertz CT molecular complexity index is 1480. The fourth-order valence-electron chi connectivity index (χ4n) is 4.89. The first kappa shape index (κ1) is 23.8. The van der Waals surface area contributed by atoms with Crippen LogP contribution in [-0.4, -0.2) is 21.2 Å². The lowest BCUT2D eigenvalue weighted by Crippen LogP contribution is -2.23. The van der Waals surface area contributed by atoms with Crippen molar-refractivity contribution in [3.05, 3.63) is 79.4 Å². The van der Waals surface area contributed by atoms with Crippen LogP contribution in [0.2, 0.25) is 0 Å². The molecule has 0 spiro atoms. The second-order valence-electron chi connectivity index (χ2n) is 9.37. The van der Waals surface area contributed by atoms with Crippen LogP contribution in [0.4, 0.5) is 5.69 Å². The number of anilines is 1. The summed E-state index contributed by atoms with van der Waals surface area (Å²) in [6.45, 7) is 8.09. The predicted octanol–water partition coefficient (Wildman–Crippen LogP) is 6.29. The van der Waals surface area contributed by atoms with Crippen LogP contribution in [-0.2, 0) is 17.6 Å². The highest BCUT2D eigenvalue weighted by Gasteiger charge is 2.23. The van der Waals surface area contributed by atoms with E-state index in [0.717, 1.165) is 64.0 Å². The Morgan fingerprint density at radius 3 is 2.43 bits per heavy atom. The van der Waals surface area contributed by atoms with Gasteiger partial charge in [0.2, 0.25) is 5.91 Å². The van der Waals surface area contributed by atoms with Gasteiger partial charge in [-0.3, -0.25) is 14.2 Å². The molecule has 4 aromatic rings. The standard InChI is InChI=1S/C28H29N3O2S2/c1-16-9-11-20(12-10-16)31-27(33)24-21-7-5-6-8-22(21)35-26(24)30-28(31)34-15-23(32)29-25-18(3)13-17(2)14-19(25)4/h9-14H,5-8,15H2,1-4H3,(H,29,32). The van der Waals surface area contributed by atoms with Gasteiger partial charge in [0, 0.05) is 10.6 Å². The molecule has 180 valence electrons. The fraction of sp³-hybridized carbons (Fsp3) is 0.321. The molecule has 1 amide bonds. The minimum atomic E-state index is -0.111. The van der Waals surface area contributed by atoms with Gasteiger partial charge < -0.3 is 5.32 Å². The van der Waals surface area contributed by atoms with E-state index in [0.29, 0.717) is 5.16 Å². The predicted molar refractivity (Wildman–Crippen MR) is 147 cm³/mol. The van der Waals surface area contributed by atoms with Crippen molar-refractivity contribution in [1.29, 1.82) is 0 Å². The highest BCUT2D eigenvalue weighted by molar-refractivity contribution is 7.99. The lowest BCUT2D eigenvalue weighted by atomic mass is 9.97. The Morgan fingerprint density at radius 1 is 1.03 bits per heavy atom. The Kier molecular flexibility index (Phi) is 6.55. The van der Waals surface area contributed by atoms with E-state index in [4.69, 9.17) is 4.98 Å². The molecule has 1 aliphatic rings. The van der Waals surface area contributed by atoms with Crippen LogP contribution >= 0.6 is 23.1 Å². The van der Waals surface area contributed by atoms with Gasteiger partial charge in [-0.1, -0.05) is 47.2 Å². The van der Waals surface area contributed by atoms with Crippen LogP contribution in [0.3, 0.4) is 0 Å². The summed E-state index contributed by atoms with van der Waals surface area (Å²) in [4.78, 5) is 33.8. The smallest absolute Gasteiger partial charge is 0.267 e. The van der Waals surface area contributed by atoms with Gasteiger partial charge in [-0.05, 0) is 82.2 Å². The number of thioether (sulfide) groups is 1. The maximum absolute atomic E-state index is 13.8. The molecule has 0 fully saturated rings. The number of rotatable bonds is 5. The molecule has 0 bridgehead atoms. The van der Waals surface area contributed by atoms with Gasteiger partial charge >= 0.3 is 0 Å². The molecule has 1 N–H and O–H groups in total. The SMILES string of the molecule is Cc1ccc(-n2c(SCC(=O)Nc3c(C)cc(C)cc3C)nc3sc4c(c3c2=O)CCCC4)cc1. The van der Waals surface area contributed by atoms with Crippen molar-refractivity contribution in [2.24, 2.45) is 0 Å². The lowest BCUT2D eigenvalue weighted by molar-refractivity contribution is -0.113. The van der Waals surface area contributed by atoms with Gasteiger partial charge in [-0.2, -0.15) is 0 Å². The van der Waals surface area contributed by atoms with Gasteiger partial charge in [0.05, 0.1) is 16.8 Å². The Balaban J connectivity index is 1.51. The molecule has 5 nitrogen and oxygen atoms in total. The molecular formula is C28H29N3O2S2. The molecule has 0 unspecified atom stereocenters. The van der Waals surface area contributed by atoms with Crippen molar-refractivity contribution in [1.82, 2.24) is 9.55 Å². The molecule has 0 atom stereocenters. The minimum absolute atomic E-state index is 0.0358. The van der Waals surface area contributed by atoms with Gasteiger partial charge in [0.25, 0.3) is 5.56 Å². The Morgan fingerprint density at radius 2 is 1.71 bits per heavy atom. The van der Waals surface area contributed by atoms with Crippen LogP contribution < -0.4 is 10.9 Å². The van der Waals surface area contributed by atoms with E-state index in [1.54, 1.807) is 15.9 Å². The highest BCUT2D eigenvalue weighted by Crippen LogP contribution is 2.35. The molecule has 35 heavy (non-hydrogen) atoms. The van der Waals surface area contributed by atoms with E-state index in [9.17, 15) is 9.59 Å². The average molecular weight is 504 g/mol. The molecule has 5 rings (SSSR count). The second-order valence-corrected chi connectivity index (χ2v) is 11.4. The van der Waals surface area contributed by atoms with Crippen LogP contribution in [0.15, 0.2) is 46.3 Å². The normalized spacial score (nSPS) is 13.1. The summed E-state index contributed by atoms with van der Waals surface area (Å²) >= 11 is 2.95. The number of aryl methyl sites for hydroxylation is 6. The summed E-state index contributed by atoms with van der Waals surface area (Å²) < 4.78 is 1.68. The van der Waals surface area contributed by atoms with E-state index < -0.39 is 0 Å². The zero-order valence-corrected chi connectivity index (χ0v) is 22.2. The number of carbonyl (C=O) groups is 1. The minimum Gasteiger partial charge on any atom is -0.325 e. The summed E-state index contributed by atoms with van der Waals surface area (Å²) in [7, 11) is 0. The van der Waals surface area contributed by atoms with Crippen LogP contribution in [0.25, 0.3) is 15.9 Å². The number of benzene rings is 2. The van der Waals surface area contributed by atoms with Crippen molar-refractivity contribution in [2.75, 3.05) is 11.1 Å². The second kappa shape index (κ2) is 9.63. The Labute approximate surface area is 213 Å². The number of fused-ring (bicyclic) bond motifs is 3. The number of hydrogen-bond donors (Lipinski definition) is 1. The van der Waals surface area contributed by atoms with Gasteiger partial charge in [-0.25, -0.2) is 4.98 Å². The van der Waals surface area contributed by atoms with Crippen LogP contribution in [0.1, 0.15) is 45.5 Å². The van der Waals surface area contributed by atoms with Crippen molar-refractivity contribution in [3.63, 3.8) is 0 Å². The monoisotopic (exact) mass is 503 g/mol. The molecule has 0 saturated heterocycles. The summed E-state index contributed by atoms with van der Waals surface area (Å²) in [6.07, 6.45) is 4.22. The van der Waals surface area contributed by atoms with Crippen LogP contribution in [0, 0.1) is 27.7 Å². The average Bonchev–Trinajstić information content (AvgIpc) is 3.19. The van der Waals surface area contributed by atoms with Gasteiger partial charge in [0.15, 0.2) is 5.16 Å². The first-order chi connectivity index (χ1) is 16.8. The molecular weight excluding hydrogens is 474 g/mol. The zero-order valence-electron chi connectivity index (χ0n) is 20.5. The van der Waals surface area contributed by atoms with Crippen molar-refractivity contribution >= 4 is 44.9 Å². The molecule has 2 aromatic heterocycles. The molecule has 2 aromatic carbocycles. The third-order valence-electron chi connectivity index (χ3n) is 6.52. The first-order valence-electron chi connectivity index (χ1n) is 12.0. The summed E-state index contributed by atoms with van der Waals surface area (Å²) in [5, 5.41) is 4.37. The van der Waals surface area contributed by atoms with E-state index in [1.165, 1.54) is 27.8 Å². The maximum Gasteiger partial charge on any atom is 0.267 e. The first-order valence-corrected chi connectivity index (χ1v) is 13.8. The largest absolute Gasteiger partial charge is 0.325 e. The molecule has 0 saturated carbocycles. The summed E-state index contributed by atoms with van der Waals surface area (Å²) in [6, 6.07) is 12.0. The number of hydrogen-bond acceptors (Lipinski definition) is 5. The third kappa shape index (κ3) is 4.67. The number of nitrogens with zero attached hydrogens (tertiary/aromatic N) is 2. The van der Waals surface area contributed by atoms with Crippen molar-refractivity contribution in [2.45, 2.75) is 58.5 Å².